The predicted octanol–water partition coefficient (Wildman–Crippen LogP) is 3.24. The van der Waals surface area contributed by atoms with Gasteiger partial charge in [-0.05, 0) is 25.1 Å². The van der Waals surface area contributed by atoms with Crippen molar-refractivity contribution in [3.8, 4) is 10.7 Å². The molecule has 3 aromatic rings. The van der Waals surface area contributed by atoms with Crippen molar-refractivity contribution in [2.75, 3.05) is 12.4 Å². The fourth-order valence-electron chi connectivity index (χ4n) is 1.87. The van der Waals surface area contributed by atoms with Crippen LogP contribution in [-0.2, 0) is 0 Å². The lowest BCUT2D eigenvalue weighted by molar-refractivity contribution is 0.629. The summed E-state index contributed by atoms with van der Waals surface area (Å²) in [6.07, 6.45) is 1.75. The summed E-state index contributed by atoms with van der Waals surface area (Å²) in [7, 11) is 1.76. The second-order valence-corrected chi connectivity index (χ2v) is 5.29. The predicted molar refractivity (Wildman–Crippen MR) is 74.9 cm³/mol. The molecule has 1 aromatic carbocycles. The molecule has 0 atom stereocenters. The molecule has 0 aliphatic rings. The summed E-state index contributed by atoms with van der Waals surface area (Å²) in [5, 5.41) is 4.62. The summed E-state index contributed by atoms with van der Waals surface area (Å²) in [4.78, 5) is 14.0. The Kier molecular flexibility index (Phi) is 2.87. The minimum atomic E-state index is -0.297. The molecule has 0 unspecified atom stereocenters. The molecule has 6 heteroatoms. The molecule has 0 saturated carbocycles. The van der Waals surface area contributed by atoms with Gasteiger partial charge >= 0.3 is 0 Å². The van der Waals surface area contributed by atoms with Crippen LogP contribution >= 0.6 is 11.3 Å². The van der Waals surface area contributed by atoms with Crippen molar-refractivity contribution >= 4 is 28.1 Å². The van der Waals surface area contributed by atoms with Crippen LogP contribution in [0.25, 0.3) is 21.6 Å². The average Bonchev–Trinajstić information content (AvgIpc) is 2.84. The van der Waals surface area contributed by atoms with E-state index < -0.39 is 0 Å². The van der Waals surface area contributed by atoms with Crippen molar-refractivity contribution in [1.29, 1.82) is 0 Å². The highest BCUT2D eigenvalue weighted by molar-refractivity contribution is 7.14. The number of nitrogens with one attached hydrogen (secondary N) is 1. The van der Waals surface area contributed by atoms with Crippen molar-refractivity contribution in [2.45, 2.75) is 6.92 Å². The van der Waals surface area contributed by atoms with Crippen LogP contribution in [0.2, 0.25) is 0 Å². The topological polar surface area (TPSA) is 50.7 Å². The second kappa shape index (κ2) is 4.55. The highest BCUT2D eigenvalue weighted by atomic mass is 32.1. The van der Waals surface area contributed by atoms with Crippen LogP contribution in [0.3, 0.4) is 0 Å². The maximum Gasteiger partial charge on any atom is 0.173 e. The Morgan fingerprint density at radius 3 is 2.79 bits per heavy atom. The van der Waals surface area contributed by atoms with Gasteiger partial charge < -0.3 is 5.32 Å². The lowest BCUT2D eigenvalue weighted by Gasteiger charge is -2.06. The van der Waals surface area contributed by atoms with Crippen LogP contribution in [-0.4, -0.2) is 22.0 Å². The Bertz CT molecular complexity index is 753. The summed E-state index contributed by atoms with van der Waals surface area (Å²) < 4.78 is 13.3. The number of halogens is 1. The van der Waals surface area contributed by atoms with E-state index in [9.17, 15) is 4.39 Å². The first kappa shape index (κ1) is 12.0. The molecule has 19 heavy (non-hydrogen) atoms. The largest absolute Gasteiger partial charge is 0.373 e. The number of rotatable bonds is 2. The number of fused-ring (bicyclic) bond motifs is 1. The molecule has 0 fully saturated rings. The van der Waals surface area contributed by atoms with E-state index in [1.165, 1.54) is 23.5 Å². The Morgan fingerprint density at radius 2 is 2.11 bits per heavy atom. The molecule has 0 amide bonds. The fraction of sp³-hybridized carbons (Fsp3) is 0.154. The van der Waals surface area contributed by atoms with Crippen LogP contribution in [0.4, 0.5) is 10.2 Å². The highest BCUT2D eigenvalue weighted by Crippen LogP contribution is 2.28. The van der Waals surface area contributed by atoms with Crippen LogP contribution in [0.15, 0.2) is 24.4 Å². The summed E-state index contributed by atoms with van der Waals surface area (Å²) in [5.74, 6) is 0.925. The standard InChI is InChI=1S/C13H11FN4S/c1-7-16-6-11(19-7)13-17-10-4-3-8(14)5-9(10)12(15-2)18-13/h3-6H,1-2H3,(H,15,17,18). The number of benzene rings is 1. The molecule has 2 aromatic heterocycles. The number of thiazole rings is 1. The number of nitrogens with zero attached hydrogens (tertiary/aromatic N) is 3. The second-order valence-electron chi connectivity index (χ2n) is 4.05. The molecular formula is C13H11FN4S. The zero-order valence-corrected chi connectivity index (χ0v) is 11.3. The van der Waals surface area contributed by atoms with E-state index in [1.807, 2.05) is 6.92 Å². The summed E-state index contributed by atoms with van der Waals surface area (Å²) in [5.41, 5.74) is 0.710. The average molecular weight is 274 g/mol. The van der Waals surface area contributed by atoms with Crippen molar-refractivity contribution in [3.05, 3.63) is 35.2 Å². The van der Waals surface area contributed by atoms with Gasteiger partial charge in [0.15, 0.2) is 5.82 Å². The molecule has 96 valence electrons. The van der Waals surface area contributed by atoms with Crippen LogP contribution in [0.5, 0.6) is 0 Å². The van der Waals surface area contributed by atoms with Crippen LogP contribution in [0, 0.1) is 12.7 Å². The third-order valence-electron chi connectivity index (χ3n) is 2.74. The van der Waals surface area contributed by atoms with Gasteiger partial charge in [0, 0.05) is 18.6 Å². The van der Waals surface area contributed by atoms with E-state index in [1.54, 1.807) is 19.3 Å². The molecule has 3 rings (SSSR count). The maximum atomic E-state index is 13.3. The molecule has 0 saturated heterocycles. The van der Waals surface area contributed by atoms with Gasteiger partial charge in [-0.15, -0.1) is 11.3 Å². The number of hydrogen-bond acceptors (Lipinski definition) is 5. The quantitative estimate of drug-likeness (QED) is 0.779. The van der Waals surface area contributed by atoms with E-state index in [0.29, 0.717) is 22.5 Å². The molecule has 0 bridgehead atoms. The Balaban J connectivity index is 2.25. The number of anilines is 1. The van der Waals surface area contributed by atoms with Crippen molar-refractivity contribution < 1.29 is 4.39 Å². The monoisotopic (exact) mass is 274 g/mol. The number of hydrogen-bond donors (Lipinski definition) is 1. The third kappa shape index (κ3) is 2.15. The normalized spacial score (nSPS) is 10.9. The zero-order valence-electron chi connectivity index (χ0n) is 10.4. The Hall–Kier alpha value is -2.08. The molecule has 2 heterocycles. The van der Waals surface area contributed by atoms with Gasteiger partial charge in [0.1, 0.15) is 11.6 Å². The third-order valence-corrected chi connectivity index (χ3v) is 3.64. The van der Waals surface area contributed by atoms with Gasteiger partial charge in [-0.25, -0.2) is 19.3 Å². The van der Waals surface area contributed by atoms with E-state index >= 15 is 0 Å². The van der Waals surface area contributed by atoms with Crippen molar-refractivity contribution in [2.24, 2.45) is 0 Å². The van der Waals surface area contributed by atoms with Gasteiger partial charge in [-0.3, -0.25) is 0 Å². The number of aryl methyl sites for hydroxylation is 1. The van der Waals surface area contributed by atoms with Crippen molar-refractivity contribution in [1.82, 2.24) is 15.0 Å². The molecule has 1 N–H and O–H groups in total. The van der Waals surface area contributed by atoms with Gasteiger partial charge in [-0.2, -0.15) is 0 Å². The Morgan fingerprint density at radius 1 is 1.26 bits per heavy atom. The maximum absolute atomic E-state index is 13.3. The van der Waals surface area contributed by atoms with Crippen LogP contribution in [0.1, 0.15) is 5.01 Å². The van der Waals surface area contributed by atoms with E-state index in [2.05, 4.69) is 20.3 Å². The van der Waals surface area contributed by atoms with Gasteiger partial charge in [0.05, 0.1) is 15.4 Å². The first-order chi connectivity index (χ1) is 9.17. The summed E-state index contributed by atoms with van der Waals surface area (Å²) in [6.45, 7) is 1.93. The van der Waals surface area contributed by atoms with Gasteiger partial charge in [0.2, 0.25) is 0 Å². The first-order valence-electron chi connectivity index (χ1n) is 5.75. The summed E-state index contributed by atoms with van der Waals surface area (Å²) in [6, 6.07) is 4.49. The lowest BCUT2D eigenvalue weighted by atomic mass is 10.2. The van der Waals surface area contributed by atoms with Crippen molar-refractivity contribution in [3.63, 3.8) is 0 Å². The highest BCUT2D eigenvalue weighted by Gasteiger charge is 2.11. The SMILES string of the molecule is CNc1nc(-c2cnc(C)s2)nc2ccc(F)cc12. The van der Waals surface area contributed by atoms with E-state index in [-0.39, 0.29) is 5.82 Å². The smallest absolute Gasteiger partial charge is 0.173 e. The molecule has 4 nitrogen and oxygen atoms in total. The minimum absolute atomic E-state index is 0.297. The van der Waals surface area contributed by atoms with E-state index in [0.717, 1.165) is 9.88 Å². The summed E-state index contributed by atoms with van der Waals surface area (Å²) >= 11 is 1.53. The van der Waals surface area contributed by atoms with Crippen LogP contribution < -0.4 is 5.32 Å². The molecule has 0 radical (unpaired) electrons. The molecule has 0 aliphatic carbocycles. The zero-order chi connectivity index (χ0) is 13.4. The number of aromatic nitrogens is 3. The molecule has 0 aliphatic heterocycles. The lowest BCUT2D eigenvalue weighted by Crippen LogP contribution is -1.98. The minimum Gasteiger partial charge on any atom is -0.373 e. The molecular weight excluding hydrogens is 263 g/mol. The molecule has 0 spiro atoms. The van der Waals surface area contributed by atoms with E-state index in [4.69, 9.17) is 0 Å². The van der Waals surface area contributed by atoms with Gasteiger partial charge in [0.25, 0.3) is 0 Å². The Labute approximate surface area is 113 Å². The van der Waals surface area contributed by atoms with Gasteiger partial charge in [-0.1, -0.05) is 0 Å². The fourth-order valence-corrected chi connectivity index (χ4v) is 2.58. The first-order valence-corrected chi connectivity index (χ1v) is 6.57.